The van der Waals surface area contributed by atoms with E-state index in [9.17, 15) is 29.2 Å². The number of hydrogen-bond donors (Lipinski definition) is 4. The van der Waals surface area contributed by atoms with Crippen LogP contribution in [-0.2, 0) is 21.1 Å². The van der Waals surface area contributed by atoms with Crippen LogP contribution < -0.4 is 21.2 Å². The number of H-pyrrole nitrogens is 2. The van der Waals surface area contributed by atoms with Gasteiger partial charge in [-0.3, -0.25) is 34.1 Å². The Bertz CT molecular complexity index is 1350. The molecule has 12 nitrogen and oxygen atoms in total. The van der Waals surface area contributed by atoms with Gasteiger partial charge >= 0.3 is 18.7 Å². The fraction of sp³-hybridized carbons (Fsp3) is 0.176. The van der Waals surface area contributed by atoms with E-state index in [4.69, 9.17) is 9.26 Å². The number of non-ortho nitro benzene ring substituents is 1. The van der Waals surface area contributed by atoms with Gasteiger partial charge < -0.3 is 19.6 Å². The van der Waals surface area contributed by atoms with Crippen LogP contribution in [0.2, 0.25) is 0 Å². The number of rotatable bonds is 6. The molecule has 1 saturated heterocycles. The zero-order valence-electron chi connectivity index (χ0n) is 15.4. The number of nitrogens with one attached hydrogen (secondary N) is 3. The molecule has 0 radical (unpaired) electrons. The summed E-state index contributed by atoms with van der Waals surface area (Å²) >= 11 is 0. The van der Waals surface area contributed by atoms with Gasteiger partial charge in [0, 0.05) is 24.2 Å². The van der Waals surface area contributed by atoms with Gasteiger partial charge in [-0.25, -0.2) is 0 Å². The summed E-state index contributed by atoms with van der Waals surface area (Å²) in [6.45, 7) is -0.193. The molecule has 1 aromatic heterocycles. The Kier molecular flexibility index (Phi) is 4.59. The van der Waals surface area contributed by atoms with Gasteiger partial charge in [0.25, 0.3) is 11.2 Å². The lowest BCUT2D eigenvalue weighted by molar-refractivity contribution is -0.384. The van der Waals surface area contributed by atoms with E-state index in [0.29, 0.717) is 11.3 Å². The second-order valence-electron chi connectivity index (χ2n) is 6.53. The highest BCUT2D eigenvalue weighted by atomic mass is 31.2. The number of nitro groups is 1. The van der Waals surface area contributed by atoms with Crippen molar-refractivity contribution in [2.75, 3.05) is 7.11 Å². The van der Waals surface area contributed by atoms with Crippen LogP contribution in [0.5, 0.6) is 5.75 Å². The normalized spacial score (nSPS) is 22.7. The molecule has 2 unspecified atom stereocenters. The van der Waals surface area contributed by atoms with Crippen molar-refractivity contribution in [3.05, 3.63) is 78.3 Å². The van der Waals surface area contributed by atoms with Gasteiger partial charge in [-0.05, 0) is 17.7 Å². The van der Waals surface area contributed by atoms with Crippen molar-refractivity contribution in [3.8, 4) is 5.75 Å². The van der Waals surface area contributed by atoms with Crippen molar-refractivity contribution in [1.82, 2.24) is 15.3 Å². The summed E-state index contributed by atoms with van der Waals surface area (Å²) in [5.74, 6) is 0.437. The second-order valence-corrected chi connectivity index (χ2v) is 8.39. The van der Waals surface area contributed by atoms with E-state index < -0.39 is 29.1 Å². The van der Waals surface area contributed by atoms with Gasteiger partial charge in [-0.1, -0.05) is 12.1 Å². The highest BCUT2D eigenvalue weighted by molar-refractivity contribution is 7.60. The monoisotopic (exact) mass is 434 g/mol. The zero-order chi connectivity index (χ0) is 21.7. The number of nitrogens with zero attached hydrogens (tertiary/aromatic N) is 1. The Balaban J connectivity index is 1.77. The average molecular weight is 434 g/mol. The number of fused-ring (bicyclic) bond motifs is 1. The molecule has 2 atom stereocenters. The smallest absolute Gasteiger partial charge is 0.382 e. The highest BCUT2D eigenvalue weighted by Crippen LogP contribution is 2.78. The van der Waals surface area contributed by atoms with Crippen LogP contribution >= 0.6 is 7.60 Å². The first-order chi connectivity index (χ1) is 14.2. The predicted octanol–water partition coefficient (Wildman–Crippen LogP) is 1.25. The molecule has 1 fully saturated rings. The summed E-state index contributed by atoms with van der Waals surface area (Å²) in [4.78, 5) is 48.7. The van der Waals surface area contributed by atoms with Crippen molar-refractivity contribution in [1.29, 1.82) is 0 Å². The first-order valence-electron chi connectivity index (χ1n) is 8.54. The molecule has 0 aliphatic carbocycles. The first-order valence-corrected chi connectivity index (χ1v) is 10.1. The summed E-state index contributed by atoms with van der Waals surface area (Å²) < 4.78 is 22.6. The first kappa shape index (κ1) is 20.0. The molecule has 0 spiro atoms. The van der Waals surface area contributed by atoms with Gasteiger partial charge in [-0.2, -0.15) is 0 Å². The van der Waals surface area contributed by atoms with E-state index in [1.165, 1.54) is 19.2 Å². The number of aromatic nitrogens is 2. The molecule has 3 aromatic rings. The number of nitro benzene ring substituents is 1. The molecule has 2 aromatic carbocycles. The molecule has 0 bridgehead atoms. The number of methoxy groups -OCH3 is 1. The average Bonchev–Trinajstić information content (AvgIpc) is 3.29. The fourth-order valence-electron chi connectivity index (χ4n) is 3.18. The molecule has 0 saturated carbocycles. The Morgan fingerprint density at radius 1 is 1.27 bits per heavy atom. The maximum absolute atomic E-state index is 12.4. The van der Waals surface area contributed by atoms with Gasteiger partial charge in [0.05, 0.1) is 23.1 Å². The van der Waals surface area contributed by atoms with Crippen molar-refractivity contribution in [2.45, 2.75) is 12.0 Å². The number of ether oxygens (including phenoxy) is 1. The highest BCUT2D eigenvalue weighted by Gasteiger charge is 2.69. The van der Waals surface area contributed by atoms with Crippen molar-refractivity contribution >= 4 is 24.3 Å². The third-order valence-electron chi connectivity index (χ3n) is 4.71. The molecule has 2 heterocycles. The molecular weight excluding hydrogens is 419 g/mol. The fourth-order valence-corrected chi connectivity index (χ4v) is 4.62. The quantitative estimate of drug-likeness (QED) is 0.146. The molecule has 4 rings (SSSR count). The minimum Gasteiger partial charge on any atom is -0.497 e. The van der Waals surface area contributed by atoms with Crippen LogP contribution in [0.15, 0.2) is 46.0 Å². The van der Waals surface area contributed by atoms with Gasteiger partial charge in [0.2, 0.25) is 0 Å². The second kappa shape index (κ2) is 6.89. The summed E-state index contributed by atoms with van der Waals surface area (Å²) in [5.41, 5.74) is -3.23. The van der Waals surface area contributed by atoms with E-state index in [0.717, 1.165) is 6.07 Å². The van der Waals surface area contributed by atoms with Crippen LogP contribution in [0.25, 0.3) is 11.0 Å². The maximum Gasteiger partial charge on any atom is 0.382 e. The standard InChI is InChI=1S/C17H15N4O8P/c1-28-12-4-2-3-10(6-12)17(29-30(17,26)27)18-8-9-5-11(21(24)25)7-13-14(9)20-16(23)15(22)19-13/h2-7,18H,8H2,1H3,(H,19,22)(H,20,23)(H,26,27). The minimum absolute atomic E-state index is 0.0462. The van der Waals surface area contributed by atoms with Crippen molar-refractivity contribution < 1.29 is 23.6 Å². The van der Waals surface area contributed by atoms with Crippen LogP contribution in [0.1, 0.15) is 11.1 Å². The third-order valence-corrected chi connectivity index (χ3v) is 6.37. The summed E-state index contributed by atoms with van der Waals surface area (Å²) in [6, 6.07) is 8.65. The van der Waals surface area contributed by atoms with Crippen LogP contribution in [0, 0.1) is 10.1 Å². The molecular formula is C17H15N4O8P. The molecule has 1 aliphatic rings. The summed E-state index contributed by atoms with van der Waals surface area (Å²) in [6.07, 6.45) is 0. The summed E-state index contributed by atoms with van der Waals surface area (Å²) in [5, 5.41) is 14.1. The van der Waals surface area contributed by atoms with Gasteiger partial charge in [0.1, 0.15) is 5.75 Å². The zero-order valence-corrected chi connectivity index (χ0v) is 16.3. The summed E-state index contributed by atoms with van der Waals surface area (Å²) in [7, 11) is -2.62. The lowest BCUT2D eigenvalue weighted by Crippen LogP contribution is -2.31. The molecule has 4 N–H and O–H groups in total. The van der Waals surface area contributed by atoms with Crippen molar-refractivity contribution in [2.24, 2.45) is 0 Å². The van der Waals surface area contributed by atoms with Crippen LogP contribution in [0.3, 0.4) is 0 Å². The van der Waals surface area contributed by atoms with Gasteiger partial charge in [0.15, 0.2) is 0 Å². The SMILES string of the molecule is COc1cccc(C2(NCc3cc([N+](=O)[O-])cc4[nH]c(=O)c(=O)[nH]c34)OP2(=O)O)c1. The number of benzene rings is 2. The lowest BCUT2D eigenvalue weighted by Gasteiger charge is -2.15. The largest absolute Gasteiger partial charge is 0.497 e. The van der Waals surface area contributed by atoms with E-state index in [-0.39, 0.29) is 28.8 Å². The Labute approximate surface area is 167 Å². The molecule has 156 valence electrons. The number of hydrogen-bond acceptors (Lipinski definition) is 8. The maximum atomic E-state index is 12.4. The minimum atomic E-state index is -4.06. The van der Waals surface area contributed by atoms with Crippen LogP contribution in [0.4, 0.5) is 5.69 Å². The Morgan fingerprint density at radius 3 is 2.60 bits per heavy atom. The van der Waals surface area contributed by atoms with Gasteiger partial charge in [-0.15, -0.1) is 0 Å². The predicted molar refractivity (Wildman–Crippen MR) is 104 cm³/mol. The molecule has 30 heavy (non-hydrogen) atoms. The Hall–Kier alpha value is -3.31. The van der Waals surface area contributed by atoms with Crippen LogP contribution in [-0.4, -0.2) is 26.9 Å². The topological polar surface area (TPSA) is 180 Å². The molecule has 13 heteroatoms. The van der Waals surface area contributed by atoms with E-state index >= 15 is 0 Å². The lowest BCUT2D eigenvalue weighted by atomic mass is 10.1. The van der Waals surface area contributed by atoms with E-state index in [2.05, 4.69) is 15.3 Å². The van der Waals surface area contributed by atoms with Crippen molar-refractivity contribution in [3.63, 3.8) is 0 Å². The van der Waals surface area contributed by atoms with E-state index in [1.807, 2.05) is 0 Å². The molecule has 0 amide bonds. The molecule has 1 aliphatic heterocycles. The van der Waals surface area contributed by atoms with E-state index in [1.54, 1.807) is 18.2 Å². The number of aromatic amines is 2. The third kappa shape index (κ3) is 3.21. The Morgan fingerprint density at radius 2 is 1.97 bits per heavy atom.